The Bertz CT molecular complexity index is 871. The first kappa shape index (κ1) is 20.6. The SMILES string of the molecule is C=C(C)/C=C\C(=C)c1cnc2c(C(=O)O)cnn2c1C1CCCCC1.CC. The van der Waals surface area contributed by atoms with Crippen molar-refractivity contribution in [1.82, 2.24) is 14.6 Å². The zero-order chi connectivity index (χ0) is 20.0. The van der Waals surface area contributed by atoms with Crippen molar-refractivity contribution in [2.75, 3.05) is 0 Å². The van der Waals surface area contributed by atoms with Crippen LogP contribution in [0.3, 0.4) is 0 Å². The summed E-state index contributed by atoms with van der Waals surface area (Å²) in [5.74, 6) is -0.670. The molecule has 1 fully saturated rings. The summed E-state index contributed by atoms with van der Waals surface area (Å²) < 4.78 is 1.70. The standard InChI is InChI=1S/C20H23N3O2.C2H6/c1-13(2)9-10-14(3)16-11-21-19-17(20(24)25)12-22-23(19)18(16)15-7-5-4-6-8-15;1-2/h9-12,15H,1,3-8H2,2H3,(H,24,25);1-2H3/b10-9-;. The molecule has 2 heterocycles. The molecular weight excluding hydrogens is 338 g/mol. The van der Waals surface area contributed by atoms with E-state index in [2.05, 4.69) is 23.2 Å². The highest BCUT2D eigenvalue weighted by atomic mass is 16.4. The van der Waals surface area contributed by atoms with Crippen molar-refractivity contribution in [2.24, 2.45) is 0 Å². The Balaban J connectivity index is 0.00000126. The zero-order valence-electron chi connectivity index (χ0n) is 16.5. The molecule has 0 amide bonds. The Morgan fingerprint density at radius 3 is 2.41 bits per heavy atom. The topological polar surface area (TPSA) is 67.5 Å². The molecule has 1 aliphatic rings. The number of carboxylic acids is 1. The largest absolute Gasteiger partial charge is 0.477 e. The molecule has 5 nitrogen and oxygen atoms in total. The number of aromatic nitrogens is 3. The minimum absolute atomic E-state index is 0.131. The number of hydrogen-bond acceptors (Lipinski definition) is 3. The molecule has 27 heavy (non-hydrogen) atoms. The molecule has 5 heteroatoms. The second kappa shape index (κ2) is 9.31. The Morgan fingerprint density at radius 2 is 1.81 bits per heavy atom. The third-order valence-corrected chi connectivity index (χ3v) is 4.70. The molecule has 1 saturated carbocycles. The Labute approximate surface area is 161 Å². The highest BCUT2D eigenvalue weighted by Crippen LogP contribution is 2.36. The lowest BCUT2D eigenvalue weighted by molar-refractivity contribution is 0.0698. The normalized spacial score (nSPS) is 14.8. The predicted molar refractivity (Wildman–Crippen MR) is 110 cm³/mol. The van der Waals surface area contributed by atoms with E-state index in [1.165, 1.54) is 25.5 Å². The van der Waals surface area contributed by atoms with Crippen LogP contribution in [-0.4, -0.2) is 25.7 Å². The van der Waals surface area contributed by atoms with E-state index >= 15 is 0 Å². The van der Waals surface area contributed by atoms with Gasteiger partial charge < -0.3 is 5.11 Å². The van der Waals surface area contributed by atoms with Crippen LogP contribution in [-0.2, 0) is 0 Å². The van der Waals surface area contributed by atoms with Gasteiger partial charge in [0.25, 0.3) is 0 Å². The predicted octanol–water partition coefficient (Wildman–Crippen LogP) is 5.65. The van der Waals surface area contributed by atoms with Crippen molar-refractivity contribution < 1.29 is 9.90 Å². The summed E-state index contributed by atoms with van der Waals surface area (Å²) in [6.07, 6.45) is 12.7. The highest BCUT2D eigenvalue weighted by Gasteiger charge is 2.25. The number of allylic oxidation sites excluding steroid dienone is 4. The molecule has 2 aromatic heterocycles. The van der Waals surface area contributed by atoms with Crippen LogP contribution in [0.15, 0.2) is 43.3 Å². The van der Waals surface area contributed by atoms with E-state index in [0.717, 1.165) is 35.2 Å². The summed E-state index contributed by atoms with van der Waals surface area (Å²) in [5.41, 5.74) is 4.26. The van der Waals surface area contributed by atoms with E-state index in [9.17, 15) is 9.90 Å². The van der Waals surface area contributed by atoms with Crippen molar-refractivity contribution >= 4 is 17.2 Å². The number of rotatable bonds is 5. The van der Waals surface area contributed by atoms with Crippen LogP contribution in [0.1, 0.15) is 80.4 Å². The third kappa shape index (κ3) is 4.54. The van der Waals surface area contributed by atoms with Gasteiger partial charge in [-0.2, -0.15) is 5.10 Å². The number of aromatic carboxylic acids is 1. The van der Waals surface area contributed by atoms with Crippen LogP contribution < -0.4 is 0 Å². The summed E-state index contributed by atoms with van der Waals surface area (Å²) >= 11 is 0. The van der Waals surface area contributed by atoms with Crippen LogP contribution in [0.2, 0.25) is 0 Å². The monoisotopic (exact) mass is 367 g/mol. The molecule has 0 bridgehead atoms. The molecule has 0 radical (unpaired) electrons. The summed E-state index contributed by atoms with van der Waals surface area (Å²) in [6.45, 7) is 14.0. The van der Waals surface area contributed by atoms with Crippen molar-refractivity contribution in [3.8, 4) is 0 Å². The zero-order valence-corrected chi connectivity index (χ0v) is 16.5. The second-order valence-electron chi connectivity index (χ2n) is 6.70. The van der Waals surface area contributed by atoms with Crippen LogP contribution >= 0.6 is 0 Å². The van der Waals surface area contributed by atoms with Crippen LogP contribution in [0, 0.1) is 0 Å². The Hall–Kier alpha value is -2.69. The molecule has 0 aliphatic heterocycles. The first-order chi connectivity index (χ1) is 13.0. The molecule has 0 spiro atoms. The molecule has 144 valence electrons. The summed E-state index contributed by atoms with van der Waals surface area (Å²) in [7, 11) is 0. The van der Waals surface area contributed by atoms with Gasteiger partial charge in [0.1, 0.15) is 5.56 Å². The number of carbonyl (C=O) groups is 1. The molecule has 0 unspecified atom stereocenters. The summed E-state index contributed by atoms with van der Waals surface area (Å²) in [5, 5.41) is 13.7. The maximum Gasteiger partial charge on any atom is 0.341 e. The number of nitrogens with zero attached hydrogens (tertiary/aromatic N) is 3. The minimum atomic E-state index is -1.01. The Kier molecular flexibility index (Phi) is 7.11. The van der Waals surface area contributed by atoms with E-state index in [0.29, 0.717) is 11.6 Å². The maximum atomic E-state index is 11.4. The van der Waals surface area contributed by atoms with E-state index in [1.807, 2.05) is 32.9 Å². The van der Waals surface area contributed by atoms with Crippen molar-refractivity contribution in [3.05, 3.63) is 60.1 Å². The minimum Gasteiger partial charge on any atom is -0.477 e. The molecule has 0 atom stereocenters. The fourth-order valence-corrected chi connectivity index (χ4v) is 3.45. The van der Waals surface area contributed by atoms with Crippen molar-refractivity contribution in [3.63, 3.8) is 0 Å². The second-order valence-corrected chi connectivity index (χ2v) is 6.70. The van der Waals surface area contributed by atoms with Gasteiger partial charge in [-0.05, 0) is 25.3 Å². The molecule has 1 aliphatic carbocycles. The fraction of sp³-hybridized carbons (Fsp3) is 0.409. The third-order valence-electron chi connectivity index (χ3n) is 4.70. The number of fused-ring (bicyclic) bond motifs is 1. The van der Waals surface area contributed by atoms with Crippen molar-refractivity contribution in [1.29, 1.82) is 0 Å². The van der Waals surface area contributed by atoms with Crippen molar-refractivity contribution in [2.45, 2.75) is 58.8 Å². The van der Waals surface area contributed by atoms with Gasteiger partial charge in [0.2, 0.25) is 0 Å². The molecule has 1 N–H and O–H groups in total. The van der Waals surface area contributed by atoms with E-state index < -0.39 is 5.97 Å². The van der Waals surface area contributed by atoms with Gasteiger partial charge in [-0.25, -0.2) is 14.3 Å². The lowest BCUT2D eigenvalue weighted by Crippen LogP contribution is -2.14. The first-order valence-corrected chi connectivity index (χ1v) is 9.62. The van der Waals surface area contributed by atoms with Gasteiger partial charge in [0.05, 0.1) is 11.9 Å². The smallest absolute Gasteiger partial charge is 0.341 e. The van der Waals surface area contributed by atoms with Crippen LogP contribution in [0.5, 0.6) is 0 Å². The Morgan fingerprint density at radius 1 is 1.15 bits per heavy atom. The molecule has 0 aromatic carbocycles. The summed E-state index contributed by atoms with van der Waals surface area (Å²) in [6, 6.07) is 0. The average Bonchev–Trinajstić information content (AvgIpc) is 3.12. The van der Waals surface area contributed by atoms with Crippen LogP contribution in [0.25, 0.3) is 11.2 Å². The van der Waals surface area contributed by atoms with E-state index in [1.54, 1.807) is 10.7 Å². The fourth-order valence-electron chi connectivity index (χ4n) is 3.45. The maximum absolute atomic E-state index is 11.4. The molecule has 2 aromatic rings. The quantitative estimate of drug-likeness (QED) is 0.694. The summed E-state index contributed by atoms with van der Waals surface area (Å²) in [4.78, 5) is 15.8. The molecule has 3 rings (SSSR count). The van der Waals surface area contributed by atoms with Gasteiger partial charge >= 0.3 is 5.97 Å². The first-order valence-electron chi connectivity index (χ1n) is 9.62. The van der Waals surface area contributed by atoms with Gasteiger partial charge in [-0.3, -0.25) is 0 Å². The molecular formula is C22H29N3O2. The lowest BCUT2D eigenvalue weighted by atomic mass is 9.84. The number of hydrogen-bond donors (Lipinski definition) is 1. The van der Waals surface area contributed by atoms with Gasteiger partial charge in [0.15, 0.2) is 5.65 Å². The number of carboxylic acid groups (broad SMARTS) is 1. The van der Waals surface area contributed by atoms with Crippen LogP contribution in [0.4, 0.5) is 0 Å². The molecule has 0 saturated heterocycles. The van der Waals surface area contributed by atoms with E-state index in [-0.39, 0.29) is 5.56 Å². The lowest BCUT2D eigenvalue weighted by Gasteiger charge is -2.25. The van der Waals surface area contributed by atoms with Gasteiger partial charge in [0, 0.05) is 17.7 Å². The van der Waals surface area contributed by atoms with E-state index in [4.69, 9.17) is 0 Å². The van der Waals surface area contributed by atoms with Gasteiger partial charge in [-0.15, -0.1) is 0 Å². The highest BCUT2D eigenvalue weighted by molar-refractivity contribution is 5.94. The average molecular weight is 367 g/mol. The van der Waals surface area contributed by atoms with Gasteiger partial charge in [-0.1, -0.05) is 64.0 Å².